The Balaban J connectivity index is 1.69. The first-order chi connectivity index (χ1) is 15.3. The molecule has 0 heterocycles. The van der Waals surface area contributed by atoms with Crippen molar-refractivity contribution < 1.29 is 13.2 Å². The van der Waals surface area contributed by atoms with Crippen molar-refractivity contribution in [2.24, 2.45) is 0 Å². The first-order valence-corrected chi connectivity index (χ1v) is 12.1. The molecule has 2 N–H and O–H groups in total. The number of sulfonamides is 1. The van der Waals surface area contributed by atoms with Crippen molar-refractivity contribution in [3.05, 3.63) is 90.0 Å². The van der Waals surface area contributed by atoms with Crippen molar-refractivity contribution in [3.8, 4) is 0 Å². The number of anilines is 2. The molecule has 0 aliphatic carbocycles. The van der Waals surface area contributed by atoms with Gasteiger partial charge in [0.15, 0.2) is 0 Å². The van der Waals surface area contributed by atoms with E-state index in [1.165, 1.54) is 22.0 Å². The molecule has 0 fully saturated rings. The SMILES string of the molecule is CCN(CC)S(=O)(=O)c1cccc(C(=O)Nc2ccc(NC(C)c3ccccc3)cc2)c1. The van der Waals surface area contributed by atoms with Gasteiger partial charge in [-0.05, 0) is 55.0 Å². The molecular weight excluding hydrogens is 422 g/mol. The number of hydrogen-bond donors (Lipinski definition) is 2. The van der Waals surface area contributed by atoms with Crippen LogP contribution in [0.15, 0.2) is 83.8 Å². The molecule has 0 bridgehead atoms. The summed E-state index contributed by atoms with van der Waals surface area (Å²) in [5.74, 6) is -0.361. The summed E-state index contributed by atoms with van der Waals surface area (Å²) in [6.45, 7) is 6.41. The largest absolute Gasteiger partial charge is 0.379 e. The van der Waals surface area contributed by atoms with Gasteiger partial charge in [-0.2, -0.15) is 4.31 Å². The maximum absolute atomic E-state index is 12.7. The second-order valence-electron chi connectivity index (χ2n) is 7.43. The van der Waals surface area contributed by atoms with Gasteiger partial charge < -0.3 is 10.6 Å². The van der Waals surface area contributed by atoms with Crippen LogP contribution in [0.2, 0.25) is 0 Å². The van der Waals surface area contributed by atoms with Crippen molar-refractivity contribution in [1.82, 2.24) is 4.31 Å². The van der Waals surface area contributed by atoms with Crippen LogP contribution in [-0.4, -0.2) is 31.7 Å². The van der Waals surface area contributed by atoms with E-state index in [-0.39, 0.29) is 22.4 Å². The van der Waals surface area contributed by atoms with E-state index in [4.69, 9.17) is 0 Å². The number of amides is 1. The van der Waals surface area contributed by atoms with Crippen molar-refractivity contribution >= 4 is 27.3 Å². The third-order valence-electron chi connectivity index (χ3n) is 5.26. The average Bonchev–Trinajstić information content (AvgIpc) is 2.81. The topological polar surface area (TPSA) is 78.5 Å². The molecule has 1 unspecified atom stereocenters. The molecule has 0 saturated carbocycles. The van der Waals surface area contributed by atoms with Crippen molar-refractivity contribution in [1.29, 1.82) is 0 Å². The monoisotopic (exact) mass is 451 g/mol. The highest BCUT2D eigenvalue weighted by Crippen LogP contribution is 2.22. The van der Waals surface area contributed by atoms with E-state index in [0.29, 0.717) is 18.8 Å². The number of carbonyl (C=O) groups is 1. The third-order valence-corrected chi connectivity index (χ3v) is 7.31. The predicted octanol–water partition coefficient (Wildman–Crippen LogP) is 5.14. The van der Waals surface area contributed by atoms with E-state index < -0.39 is 10.0 Å². The maximum Gasteiger partial charge on any atom is 0.255 e. The summed E-state index contributed by atoms with van der Waals surface area (Å²) in [5, 5.41) is 6.26. The molecule has 0 aliphatic heterocycles. The zero-order chi connectivity index (χ0) is 23.1. The van der Waals surface area contributed by atoms with Crippen LogP contribution >= 0.6 is 0 Å². The summed E-state index contributed by atoms with van der Waals surface area (Å²) < 4.78 is 26.9. The van der Waals surface area contributed by atoms with Crippen LogP contribution < -0.4 is 10.6 Å². The highest BCUT2D eigenvalue weighted by Gasteiger charge is 2.22. The first kappa shape index (κ1) is 23.5. The molecule has 3 aromatic carbocycles. The van der Waals surface area contributed by atoms with E-state index in [0.717, 1.165) is 5.69 Å². The average molecular weight is 452 g/mol. The van der Waals surface area contributed by atoms with E-state index in [2.05, 4.69) is 29.7 Å². The second kappa shape index (κ2) is 10.4. The smallest absolute Gasteiger partial charge is 0.255 e. The lowest BCUT2D eigenvalue weighted by molar-refractivity contribution is 0.102. The summed E-state index contributed by atoms with van der Waals surface area (Å²) in [5.41, 5.74) is 3.04. The Morgan fingerprint density at radius 1 is 0.875 bits per heavy atom. The summed E-state index contributed by atoms with van der Waals surface area (Å²) in [6.07, 6.45) is 0. The number of carbonyl (C=O) groups excluding carboxylic acids is 1. The third kappa shape index (κ3) is 5.55. The van der Waals surface area contributed by atoms with Crippen molar-refractivity contribution in [2.75, 3.05) is 23.7 Å². The van der Waals surface area contributed by atoms with Gasteiger partial charge in [-0.3, -0.25) is 4.79 Å². The van der Waals surface area contributed by atoms with Gasteiger partial charge >= 0.3 is 0 Å². The van der Waals surface area contributed by atoms with E-state index >= 15 is 0 Å². The Morgan fingerprint density at radius 2 is 1.50 bits per heavy atom. The van der Waals surface area contributed by atoms with Gasteiger partial charge in [0.2, 0.25) is 10.0 Å². The van der Waals surface area contributed by atoms with Gasteiger partial charge in [0, 0.05) is 36.1 Å². The minimum Gasteiger partial charge on any atom is -0.379 e. The van der Waals surface area contributed by atoms with Crippen LogP contribution in [0.3, 0.4) is 0 Å². The molecule has 3 rings (SSSR count). The molecule has 32 heavy (non-hydrogen) atoms. The number of nitrogens with one attached hydrogen (secondary N) is 2. The minimum atomic E-state index is -3.63. The van der Waals surface area contributed by atoms with Gasteiger partial charge in [-0.1, -0.05) is 50.2 Å². The lowest BCUT2D eigenvalue weighted by atomic mass is 10.1. The molecule has 0 radical (unpaired) electrons. The molecule has 6 nitrogen and oxygen atoms in total. The first-order valence-electron chi connectivity index (χ1n) is 10.7. The van der Waals surface area contributed by atoms with E-state index in [1.807, 2.05) is 42.5 Å². The maximum atomic E-state index is 12.7. The van der Waals surface area contributed by atoms with Crippen molar-refractivity contribution in [2.45, 2.75) is 31.7 Å². The zero-order valence-electron chi connectivity index (χ0n) is 18.6. The molecule has 168 valence electrons. The predicted molar refractivity (Wildman–Crippen MR) is 129 cm³/mol. The van der Waals surface area contributed by atoms with Gasteiger partial charge in [0.25, 0.3) is 5.91 Å². The molecule has 0 spiro atoms. The van der Waals surface area contributed by atoms with Crippen LogP contribution in [0.5, 0.6) is 0 Å². The fourth-order valence-electron chi connectivity index (χ4n) is 3.44. The lowest BCUT2D eigenvalue weighted by Crippen LogP contribution is -2.30. The van der Waals surface area contributed by atoms with Crippen LogP contribution in [0.4, 0.5) is 11.4 Å². The fraction of sp³-hybridized carbons (Fsp3) is 0.240. The quantitative estimate of drug-likeness (QED) is 0.472. The van der Waals surface area contributed by atoms with Crippen LogP contribution in [0, 0.1) is 0 Å². The molecule has 0 saturated heterocycles. The zero-order valence-corrected chi connectivity index (χ0v) is 19.4. The molecule has 0 aromatic heterocycles. The standard InChI is InChI=1S/C25H29N3O3S/c1-4-28(5-2)32(30,31)24-13-9-12-21(18-24)25(29)27-23-16-14-22(15-17-23)26-19(3)20-10-7-6-8-11-20/h6-19,26H,4-5H2,1-3H3,(H,27,29). The van der Waals surface area contributed by atoms with Crippen LogP contribution in [0.25, 0.3) is 0 Å². The molecule has 1 amide bonds. The minimum absolute atomic E-state index is 0.114. The van der Waals surface area contributed by atoms with Gasteiger partial charge in [0.05, 0.1) is 4.90 Å². The van der Waals surface area contributed by atoms with E-state index in [9.17, 15) is 13.2 Å². The van der Waals surface area contributed by atoms with E-state index in [1.54, 1.807) is 26.0 Å². The Bertz CT molecular complexity index is 1140. The summed E-state index contributed by atoms with van der Waals surface area (Å²) in [4.78, 5) is 12.8. The Kier molecular flexibility index (Phi) is 7.66. The lowest BCUT2D eigenvalue weighted by Gasteiger charge is -2.18. The Labute approximate surface area is 190 Å². The molecule has 0 aliphatic rings. The highest BCUT2D eigenvalue weighted by atomic mass is 32.2. The molecular formula is C25H29N3O3S. The summed E-state index contributed by atoms with van der Waals surface area (Å²) in [7, 11) is -3.63. The molecule has 3 aromatic rings. The van der Waals surface area contributed by atoms with Crippen LogP contribution in [0.1, 0.15) is 42.7 Å². The number of rotatable bonds is 9. The Hall–Kier alpha value is -3.16. The van der Waals surface area contributed by atoms with Crippen molar-refractivity contribution in [3.63, 3.8) is 0 Å². The van der Waals surface area contributed by atoms with Gasteiger partial charge in [-0.15, -0.1) is 0 Å². The Morgan fingerprint density at radius 3 is 2.12 bits per heavy atom. The number of hydrogen-bond acceptors (Lipinski definition) is 4. The van der Waals surface area contributed by atoms with Gasteiger partial charge in [-0.25, -0.2) is 8.42 Å². The number of nitrogens with zero attached hydrogens (tertiary/aromatic N) is 1. The molecule has 7 heteroatoms. The fourth-order valence-corrected chi connectivity index (χ4v) is 4.94. The summed E-state index contributed by atoms with van der Waals surface area (Å²) >= 11 is 0. The number of benzene rings is 3. The highest BCUT2D eigenvalue weighted by molar-refractivity contribution is 7.89. The molecule has 1 atom stereocenters. The van der Waals surface area contributed by atoms with Crippen LogP contribution in [-0.2, 0) is 10.0 Å². The summed E-state index contributed by atoms with van der Waals surface area (Å²) in [6, 6.07) is 23.8. The van der Waals surface area contributed by atoms with Gasteiger partial charge in [0.1, 0.15) is 0 Å². The normalized spacial score (nSPS) is 12.4. The second-order valence-corrected chi connectivity index (χ2v) is 9.36.